The topological polar surface area (TPSA) is 138 Å². The summed E-state index contributed by atoms with van der Waals surface area (Å²) in [6.07, 6.45) is -7.13. The lowest BCUT2D eigenvalue weighted by Crippen LogP contribution is -2.60. The molecule has 130 valence electrons. The largest absolute Gasteiger partial charge is 0.508 e. The third-order valence-electron chi connectivity index (χ3n) is 3.53. The predicted octanol–water partition coefficient (Wildman–Crippen LogP) is -1.41. The highest BCUT2D eigenvalue weighted by Crippen LogP contribution is 2.42. The van der Waals surface area contributed by atoms with Crippen molar-refractivity contribution in [1.82, 2.24) is 0 Å². The smallest absolute Gasteiger partial charge is 0.229 e. The van der Waals surface area contributed by atoms with Gasteiger partial charge in [-0.15, -0.1) is 0 Å². The van der Waals surface area contributed by atoms with E-state index in [1.54, 1.807) is 0 Å². The van der Waals surface area contributed by atoms with Crippen LogP contribution in [0.25, 0.3) is 0 Å². The minimum Gasteiger partial charge on any atom is -0.508 e. The SMILES string of the molecule is COc1cc(O)cc(OC)c1OC1OC(CO)C(O)C(O)C1O. The summed E-state index contributed by atoms with van der Waals surface area (Å²) in [4.78, 5) is 0. The molecule has 5 unspecified atom stereocenters. The maximum atomic E-state index is 9.99. The molecule has 5 N–H and O–H groups in total. The van der Waals surface area contributed by atoms with Crippen LogP contribution in [0.5, 0.6) is 23.0 Å². The van der Waals surface area contributed by atoms with Crippen LogP contribution in [0.3, 0.4) is 0 Å². The highest BCUT2D eigenvalue weighted by atomic mass is 16.7. The van der Waals surface area contributed by atoms with Gasteiger partial charge in [-0.25, -0.2) is 0 Å². The predicted molar refractivity (Wildman–Crippen MR) is 75.6 cm³/mol. The van der Waals surface area contributed by atoms with Gasteiger partial charge in [-0.3, -0.25) is 0 Å². The number of ether oxygens (including phenoxy) is 4. The van der Waals surface area contributed by atoms with Crippen molar-refractivity contribution in [3.8, 4) is 23.0 Å². The number of phenolic OH excluding ortho intramolecular Hbond substituents is 1. The van der Waals surface area contributed by atoms with Crippen LogP contribution in [0.1, 0.15) is 0 Å². The van der Waals surface area contributed by atoms with Crippen molar-refractivity contribution in [2.45, 2.75) is 30.7 Å². The lowest BCUT2D eigenvalue weighted by Gasteiger charge is -2.39. The van der Waals surface area contributed by atoms with Gasteiger partial charge < -0.3 is 44.5 Å². The Hall–Kier alpha value is -1.78. The van der Waals surface area contributed by atoms with Gasteiger partial charge in [0.05, 0.1) is 20.8 Å². The summed E-state index contributed by atoms with van der Waals surface area (Å²) in [6, 6.07) is 2.53. The minimum absolute atomic E-state index is 0.0251. The van der Waals surface area contributed by atoms with Gasteiger partial charge in [0.2, 0.25) is 12.0 Å². The van der Waals surface area contributed by atoms with Gasteiger partial charge in [-0.2, -0.15) is 0 Å². The molecule has 0 aromatic heterocycles. The van der Waals surface area contributed by atoms with Crippen molar-refractivity contribution in [2.24, 2.45) is 0 Å². The molecule has 1 aromatic carbocycles. The van der Waals surface area contributed by atoms with Crippen LogP contribution >= 0.6 is 0 Å². The van der Waals surface area contributed by atoms with E-state index in [0.717, 1.165) is 0 Å². The molecule has 0 spiro atoms. The molecule has 1 aromatic rings. The number of aliphatic hydroxyl groups excluding tert-OH is 4. The molecule has 1 aliphatic heterocycles. The highest BCUT2D eigenvalue weighted by Gasteiger charge is 2.45. The molecule has 0 aliphatic carbocycles. The van der Waals surface area contributed by atoms with Crippen LogP contribution in [0.2, 0.25) is 0 Å². The Bertz CT molecular complexity index is 508. The van der Waals surface area contributed by atoms with Crippen LogP contribution in [-0.2, 0) is 4.74 Å². The molecular weight excluding hydrogens is 312 g/mol. The first-order chi connectivity index (χ1) is 10.9. The van der Waals surface area contributed by atoms with Gasteiger partial charge in [0.15, 0.2) is 11.5 Å². The molecule has 5 atom stereocenters. The number of hydrogen-bond acceptors (Lipinski definition) is 9. The first-order valence-corrected chi connectivity index (χ1v) is 6.85. The van der Waals surface area contributed by atoms with Crippen LogP contribution < -0.4 is 14.2 Å². The van der Waals surface area contributed by atoms with Gasteiger partial charge in [0.25, 0.3) is 0 Å². The molecule has 1 fully saturated rings. The Morgan fingerprint density at radius 1 is 1.00 bits per heavy atom. The number of rotatable bonds is 5. The fourth-order valence-corrected chi connectivity index (χ4v) is 2.26. The Labute approximate surface area is 132 Å². The lowest BCUT2D eigenvalue weighted by atomic mass is 9.99. The second kappa shape index (κ2) is 7.20. The molecule has 1 heterocycles. The maximum Gasteiger partial charge on any atom is 0.229 e. The molecule has 9 nitrogen and oxygen atoms in total. The van der Waals surface area contributed by atoms with Gasteiger partial charge in [0.1, 0.15) is 30.2 Å². The van der Waals surface area contributed by atoms with E-state index in [2.05, 4.69) is 0 Å². The molecule has 1 saturated heterocycles. The number of phenols is 1. The molecule has 9 heteroatoms. The minimum atomic E-state index is -1.57. The van der Waals surface area contributed by atoms with Gasteiger partial charge in [0, 0.05) is 12.1 Å². The summed E-state index contributed by atoms with van der Waals surface area (Å²) in [5.41, 5.74) is 0. The van der Waals surface area contributed by atoms with E-state index in [4.69, 9.17) is 18.9 Å². The van der Waals surface area contributed by atoms with Gasteiger partial charge in [-0.1, -0.05) is 0 Å². The summed E-state index contributed by atoms with van der Waals surface area (Å²) in [5, 5.41) is 48.3. The summed E-state index contributed by atoms with van der Waals surface area (Å²) in [6.45, 7) is -0.575. The van der Waals surface area contributed by atoms with Gasteiger partial charge in [-0.05, 0) is 0 Å². The molecule has 0 amide bonds. The Morgan fingerprint density at radius 2 is 1.57 bits per heavy atom. The summed E-state index contributed by atoms with van der Waals surface area (Å²) < 4.78 is 20.9. The number of hydrogen-bond donors (Lipinski definition) is 5. The normalized spacial score (nSPS) is 30.8. The van der Waals surface area contributed by atoms with E-state index < -0.39 is 37.3 Å². The van der Waals surface area contributed by atoms with Crippen LogP contribution in [0.15, 0.2) is 12.1 Å². The first kappa shape index (κ1) is 17.6. The fourth-order valence-electron chi connectivity index (χ4n) is 2.26. The molecule has 0 saturated carbocycles. The van der Waals surface area contributed by atoms with Crippen molar-refractivity contribution < 1.29 is 44.5 Å². The zero-order valence-corrected chi connectivity index (χ0v) is 12.6. The van der Waals surface area contributed by atoms with Crippen molar-refractivity contribution in [3.05, 3.63) is 12.1 Å². The molecule has 1 aliphatic rings. The van der Waals surface area contributed by atoms with Gasteiger partial charge >= 0.3 is 0 Å². The maximum absolute atomic E-state index is 9.99. The van der Waals surface area contributed by atoms with Crippen molar-refractivity contribution in [2.75, 3.05) is 20.8 Å². The summed E-state index contributed by atoms with van der Waals surface area (Å²) in [5.74, 6) is 0.120. The number of aromatic hydroxyl groups is 1. The van der Waals surface area contributed by atoms with Crippen LogP contribution in [0, 0.1) is 0 Å². The Morgan fingerprint density at radius 3 is 2.04 bits per heavy atom. The zero-order valence-electron chi connectivity index (χ0n) is 12.6. The molecule has 23 heavy (non-hydrogen) atoms. The van der Waals surface area contributed by atoms with Crippen molar-refractivity contribution in [1.29, 1.82) is 0 Å². The van der Waals surface area contributed by atoms with Crippen molar-refractivity contribution >= 4 is 0 Å². The number of benzene rings is 1. The third kappa shape index (κ3) is 3.43. The lowest BCUT2D eigenvalue weighted by molar-refractivity contribution is -0.277. The van der Waals surface area contributed by atoms with Crippen LogP contribution in [-0.4, -0.2) is 77.1 Å². The fraction of sp³-hybridized carbons (Fsp3) is 0.571. The average molecular weight is 332 g/mol. The van der Waals surface area contributed by atoms with E-state index in [1.807, 2.05) is 0 Å². The Balaban J connectivity index is 2.30. The van der Waals surface area contributed by atoms with E-state index in [9.17, 15) is 25.5 Å². The standard InChI is InChI=1S/C14H20O9/c1-20-7-3-6(16)4-8(21-2)13(7)23-14-12(19)11(18)10(17)9(5-15)22-14/h3-4,9-12,14-19H,5H2,1-2H3. The van der Waals surface area contributed by atoms with E-state index in [1.165, 1.54) is 26.4 Å². The quantitative estimate of drug-likeness (QED) is 0.440. The molecule has 0 radical (unpaired) electrons. The van der Waals surface area contributed by atoms with E-state index >= 15 is 0 Å². The number of methoxy groups -OCH3 is 2. The second-order valence-corrected chi connectivity index (χ2v) is 4.99. The molecular formula is C14H20O9. The Kier molecular flexibility index (Phi) is 5.50. The number of aliphatic hydroxyl groups is 4. The highest BCUT2D eigenvalue weighted by molar-refractivity contribution is 5.55. The van der Waals surface area contributed by atoms with Crippen LogP contribution in [0.4, 0.5) is 0 Å². The average Bonchev–Trinajstić information content (AvgIpc) is 2.55. The van der Waals surface area contributed by atoms with E-state index in [-0.39, 0.29) is 23.0 Å². The summed E-state index contributed by atoms with van der Waals surface area (Å²) in [7, 11) is 2.68. The molecule has 2 rings (SSSR count). The van der Waals surface area contributed by atoms with E-state index in [0.29, 0.717) is 0 Å². The monoisotopic (exact) mass is 332 g/mol. The second-order valence-electron chi connectivity index (χ2n) is 4.99. The zero-order chi connectivity index (χ0) is 17.1. The van der Waals surface area contributed by atoms with Crippen molar-refractivity contribution in [3.63, 3.8) is 0 Å². The summed E-state index contributed by atoms with van der Waals surface area (Å²) >= 11 is 0. The third-order valence-corrected chi connectivity index (χ3v) is 3.53. The molecule has 0 bridgehead atoms. The first-order valence-electron chi connectivity index (χ1n) is 6.85.